The van der Waals surface area contributed by atoms with Gasteiger partial charge in [0.05, 0.1) is 17.0 Å². The molecule has 0 amide bonds. The third-order valence-corrected chi connectivity index (χ3v) is 5.85. The molecular formula is C13H19ClN2O3S. The molecular weight excluding hydrogens is 300 g/mol. The van der Waals surface area contributed by atoms with Gasteiger partial charge >= 0.3 is 0 Å². The van der Waals surface area contributed by atoms with Crippen LogP contribution < -0.4 is 10.5 Å². The molecule has 1 aliphatic rings. The number of benzene rings is 1. The highest BCUT2D eigenvalue weighted by molar-refractivity contribution is 7.89. The number of halogens is 1. The maximum absolute atomic E-state index is 12.6. The van der Waals surface area contributed by atoms with Gasteiger partial charge in [-0.1, -0.05) is 18.5 Å². The second-order valence-electron chi connectivity index (χ2n) is 5.09. The predicted molar refractivity (Wildman–Crippen MR) is 78.5 cm³/mol. The van der Waals surface area contributed by atoms with E-state index in [2.05, 4.69) is 0 Å². The zero-order valence-corrected chi connectivity index (χ0v) is 13.1. The van der Waals surface area contributed by atoms with E-state index >= 15 is 0 Å². The molecule has 2 atom stereocenters. The number of hydrogen-bond donors (Lipinski definition) is 1. The van der Waals surface area contributed by atoms with Crippen molar-refractivity contribution in [1.29, 1.82) is 0 Å². The van der Waals surface area contributed by atoms with Crippen LogP contribution in [0.25, 0.3) is 0 Å². The van der Waals surface area contributed by atoms with Crippen molar-refractivity contribution in [3.05, 3.63) is 23.2 Å². The minimum absolute atomic E-state index is 0.0564. The lowest BCUT2D eigenvalue weighted by molar-refractivity contribution is 0.250. The number of piperidine rings is 1. The molecule has 20 heavy (non-hydrogen) atoms. The molecule has 0 aromatic heterocycles. The van der Waals surface area contributed by atoms with E-state index in [1.165, 1.54) is 23.5 Å². The fourth-order valence-electron chi connectivity index (χ4n) is 2.30. The van der Waals surface area contributed by atoms with Gasteiger partial charge < -0.3 is 10.5 Å². The highest BCUT2D eigenvalue weighted by Gasteiger charge is 2.32. The Morgan fingerprint density at radius 2 is 2.15 bits per heavy atom. The molecule has 0 radical (unpaired) electrons. The van der Waals surface area contributed by atoms with Crippen molar-refractivity contribution in [3.8, 4) is 5.75 Å². The van der Waals surface area contributed by atoms with Crippen molar-refractivity contribution >= 4 is 21.6 Å². The van der Waals surface area contributed by atoms with Gasteiger partial charge in [-0.25, -0.2) is 8.42 Å². The van der Waals surface area contributed by atoms with Crippen molar-refractivity contribution in [2.45, 2.75) is 24.3 Å². The first-order valence-corrected chi connectivity index (χ1v) is 8.27. The minimum Gasteiger partial charge on any atom is -0.495 e. The molecule has 1 fully saturated rings. The molecule has 1 heterocycles. The highest BCUT2D eigenvalue weighted by atomic mass is 35.5. The van der Waals surface area contributed by atoms with Gasteiger partial charge in [-0.3, -0.25) is 0 Å². The van der Waals surface area contributed by atoms with Crippen molar-refractivity contribution in [1.82, 2.24) is 4.31 Å². The molecule has 2 N–H and O–H groups in total. The summed E-state index contributed by atoms with van der Waals surface area (Å²) in [6.07, 6.45) is 0.671. The lowest BCUT2D eigenvalue weighted by atomic mass is 9.96. The summed E-state index contributed by atoms with van der Waals surface area (Å²) in [6, 6.07) is 4.56. The average Bonchev–Trinajstić information content (AvgIpc) is 2.41. The van der Waals surface area contributed by atoms with E-state index in [4.69, 9.17) is 22.1 Å². The van der Waals surface area contributed by atoms with E-state index in [0.717, 1.165) is 0 Å². The third-order valence-electron chi connectivity index (χ3n) is 3.70. The lowest BCUT2D eigenvalue weighted by Gasteiger charge is -2.34. The molecule has 0 aliphatic carbocycles. The van der Waals surface area contributed by atoms with Crippen LogP contribution in [0.15, 0.2) is 23.1 Å². The Hall–Kier alpha value is -0.820. The van der Waals surface area contributed by atoms with Crippen molar-refractivity contribution in [3.63, 3.8) is 0 Å². The van der Waals surface area contributed by atoms with Gasteiger partial charge in [0, 0.05) is 19.1 Å². The quantitative estimate of drug-likeness (QED) is 0.920. The number of ether oxygens (including phenoxy) is 1. The van der Waals surface area contributed by atoms with E-state index in [1.807, 2.05) is 6.92 Å². The Labute approximate surface area is 124 Å². The number of nitrogens with two attached hydrogens (primary N) is 1. The maximum Gasteiger partial charge on any atom is 0.243 e. The lowest BCUT2D eigenvalue weighted by Crippen LogP contribution is -2.48. The van der Waals surface area contributed by atoms with Gasteiger partial charge in [0.2, 0.25) is 10.0 Å². The van der Waals surface area contributed by atoms with Crippen LogP contribution >= 0.6 is 11.6 Å². The monoisotopic (exact) mass is 318 g/mol. The Morgan fingerprint density at radius 1 is 1.45 bits per heavy atom. The van der Waals surface area contributed by atoms with E-state index in [1.54, 1.807) is 6.07 Å². The number of nitrogens with zero attached hydrogens (tertiary/aromatic N) is 1. The van der Waals surface area contributed by atoms with Gasteiger partial charge in [-0.2, -0.15) is 4.31 Å². The zero-order valence-electron chi connectivity index (χ0n) is 11.5. The fraction of sp³-hybridized carbons (Fsp3) is 0.538. The average molecular weight is 319 g/mol. The molecule has 112 valence electrons. The van der Waals surface area contributed by atoms with Crippen LogP contribution in [0.1, 0.15) is 13.3 Å². The number of hydrogen-bond acceptors (Lipinski definition) is 4. The summed E-state index contributed by atoms with van der Waals surface area (Å²) in [5.74, 6) is 0.604. The van der Waals surface area contributed by atoms with Gasteiger partial charge in [-0.15, -0.1) is 0 Å². The van der Waals surface area contributed by atoms with Crippen molar-refractivity contribution in [2.24, 2.45) is 11.7 Å². The SMILES string of the molecule is COc1ccc(S(=O)(=O)N2CCC(N)C(C)C2)cc1Cl. The standard InChI is InChI=1S/C13H19ClN2O3S/c1-9-8-16(6-5-12(9)15)20(17,18)10-3-4-13(19-2)11(14)7-10/h3-4,7,9,12H,5-6,8,15H2,1-2H3. The Bertz CT molecular complexity index is 591. The second-order valence-corrected chi connectivity index (χ2v) is 7.43. The molecule has 1 saturated heterocycles. The molecule has 1 aromatic carbocycles. The van der Waals surface area contributed by atoms with Gasteiger partial charge in [-0.05, 0) is 30.5 Å². The van der Waals surface area contributed by atoms with E-state index in [9.17, 15) is 8.42 Å². The van der Waals surface area contributed by atoms with Gasteiger partial charge in [0.25, 0.3) is 0 Å². The maximum atomic E-state index is 12.6. The van der Waals surface area contributed by atoms with Crippen LogP contribution in [0.4, 0.5) is 0 Å². The van der Waals surface area contributed by atoms with Crippen LogP contribution in [-0.4, -0.2) is 39.0 Å². The third kappa shape index (κ3) is 2.93. The van der Waals surface area contributed by atoms with Crippen LogP contribution in [0, 0.1) is 5.92 Å². The minimum atomic E-state index is -3.53. The van der Waals surface area contributed by atoms with Crippen molar-refractivity contribution < 1.29 is 13.2 Å². The van der Waals surface area contributed by atoms with Gasteiger partial charge in [0.15, 0.2) is 0 Å². The number of rotatable bonds is 3. The summed E-state index contributed by atoms with van der Waals surface area (Å²) in [6.45, 7) is 2.85. The Morgan fingerprint density at radius 3 is 2.70 bits per heavy atom. The van der Waals surface area contributed by atoms with E-state index in [0.29, 0.717) is 25.3 Å². The van der Waals surface area contributed by atoms with E-state index < -0.39 is 10.0 Å². The summed E-state index contributed by atoms with van der Waals surface area (Å²) in [4.78, 5) is 0.186. The fourth-order valence-corrected chi connectivity index (χ4v) is 4.20. The Balaban J connectivity index is 2.29. The second kappa shape index (κ2) is 5.89. The summed E-state index contributed by atoms with van der Waals surface area (Å²) in [5.41, 5.74) is 5.93. The topological polar surface area (TPSA) is 72.6 Å². The molecule has 1 aromatic rings. The first-order chi connectivity index (χ1) is 9.36. The molecule has 2 rings (SSSR count). The Kier molecular flexibility index (Phi) is 4.59. The van der Waals surface area contributed by atoms with Crippen molar-refractivity contribution in [2.75, 3.05) is 20.2 Å². The highest BCUT2D eigenvalue weighted by Crippen LogP contribution is 2.29. The van der Waals surface area contributed by atoms with Crippen LogP contribution in [0.5, 0.6) is 5.75 Å². The normalized spacial score (nSPS) is 24.6. The summed E-state index contributed by atoms with van der Waals surface area (Å²) < 4.78 is 31.7. The molecule has 0 spiro atoms. The molecule has 0 bridgehead atoms. The van der Waals surface area contributed by atoms with E-state index in [-0.39, 0.29) is 21.9 Å². The van der Waals surface area contributed by atoms with Crippen LogP contribution in [-0.2, 0) is 10.0 Å². The zero-order chi connectivity index (χ0) is 14.9. The summed E-state index contributed by atoms with van der Waals surface area (Å²) in [5, 5.41) is 0.287. The van der Waals surface area contributed by atoms with Gasteiger partial charge in [0.1, 0.15) is 5.75 Å². The molecule has 2 unspecified atom stereocenters. The molecule has 0 saturated carbocycles. The predicted octanol–water partition coefficient (Wildman–Crippen LogP) is 1.71. The first-order valence-electron chi connectivity index (χ1n) is 6.45. The van der Waals surface area contributed by atoms with Crippen LogP contribution in [0.2, 0.25) is 5.02 Å². The largest absolute Gasteiger partial charge is 0.495 e. The molecule has 1 aliphatic heterocycles. The van der Waals surface area contributed by atoms with Crippen LogP contribution in [0.3, 0.4) is 0 Å². The summed E-state index contributed by atoms with van der Waals surface area (Å²) in [7, 11) is -2.04. The first kappa shape index (κ1) is 15.6. The molecule has 5 nitrogen and oxygen atoms in total. The smallest absolute Gasteiger partial charge is 0.243 e. The number of sulfonamides is 1. The summed E-state index contributed by atoms with van der Waals surface area (Å²) >= 11 is 6.00. The molecule has 7 heteroatoms. The number of methoxy groups -OCH3 is 1.